The third kappa shape index (κ3) is 2.34. The number of benzene rings is 2. The van der Waals surface area contributed by atoms with Gasteiger partial charge in [-0.25, -0.2) is 13.6 Å². The molecule has 2 N–H and O–H groups in total. The molecule has 0 radical (unpaired) electrons. The van der Waals surface area contributed by atoms with Crippen molar-refractivity contribution < 1.29 is 18.3 Å². The molecule has 0 heterocycles. The number of hydrogen-bond acceptors (Lipinski definition) is 3. The molecule has 0 atom stereocenters. The standard InChI is InChI=1S/C15H13F2NO2/c1-8-11(15(19)20-2)6-9(7-13(8)18)10-4-3-5-12(16)14(10)17/h3-7H,18H2,1-2H3. The molecule has 0 spiro atoms. The van der Waals surface area contributed by atoms with Gasteiger partial charge in [-0.15, -0.1) is 0 Å². The number of carbonyl (C=O) groups excluding carboxylic acids is 1. The number of methoxy groups -OCH3 is 1. The molecule has 0 saturated carbocycles. The van der Waals surface area contributed by atoms with Gasteiger partial charge in [0.1, 0.15) is 0 Å². The summed E-state index contributed by atoms with van der Waals surface area (Å²) < 4.78 is 31.7. The van der Waals surface area contributed by atoms with Gasteiger partial charge in [-0.3, -0.25) is 0 Å². The van der Waals surface area contributed by atoms with Gasteiger partial charge >= 0.3 is 5.97 Å². The Balaban J connectivity index is 2.67. The van der Waals surface area contributed by atoms with Crippen LogP contribution in [-0.2, 0) is 4.74 Å². The van der Waals surface area contributed by atoms with E-state index in [0.717, 1.165) is 6.07 Å². The molecule has 0 fully saturated rings. The highest BCUT2D eigenvalue weighted by atomic mass is 19.2. The predicted octanol–water partition coefficient (Wildman–Crippen LogP) is 3.31. The average Bonchev–Trinajstić information content (AvgIpc) is 2.44. The fraction of sp³-hybridized carbons (Fsp3) is 0.133. The van der Waals surface area contributed by atoms with E-state index in [1.807, 2.05) is 0 Å². The highest BCUT2D eigenvalue weighted by Crippen LogP contribution is 2.30. The quantitative estimate of drug-likeness (QED) is 0.676. The minimum atomic E-state index is -0.980. The summed E-state index contributed by atoms with van der Waals surface area (Å²) in [5.74, 6) is -2.51. The van der Waals surface area contributed by atoms with Gasteiger partial charge in [0.05, 0.1) is 12.7 Å². The fourth-order valence-corrected chi connectivity index (χ4v) is 1.94. The minimum Gasteiger partial charge on any atom is -0.465 e. The molecule has 0 aliphatic heterocycles. The third-order valence-electron chi connectivity index (χ3n) is 3.12. The van der Waals surface area contributed by atoms with Crippen molar-refractivity contribution in [3.8, 4) is 11.1 Å². The van der Waals surface area contributed by atoms with Gasteiger partial charge < -0.3 is 10.5 Å². The van der Waals surface area contributed by atoms with Gasteiger partial charge in [-0.05, 0) is 36.2 Å². The molecule has 0 aliphatic carbocycles. The van der Waals surface area contributed by atoms with E-state index in [9.17, 15) is 13.6 Å². The number of anilines is 1. The second kappa shape index (κ2) is 5.28. The Kier molecular flexibility index (Phi) is 3.70. The average molecular weight is 277 g/mol. The molecule has 20 heavy (non-hydrogen) atoms. The molecular formula is C15H13F2NO2. The Bertz CT molecular complexity index is 684. The monoisotopic (exact) mass is 277 g/mol. The fourth-order valence-electron chi connectivity index (χ4n) is 1.94. The van der Waals surface area contributed by atoms with Crippen LogP contribution in [0.4, 0.5) is 14.5 Å². The van der Waals surface area contributed by atoms with Crippen molar-refractivity contribution >= 4 is 11.7 Å². The summed E-state index contributed by atoms with van der Waals surface area (Å²) in [5.41, 5.74) is 7.26. The molecule has 0 bridgehead atoms. The topological polar surface area (TPSA) is 52.3 Å². The Labute approximate surface area is 115 Å². The van der Waals surface area contributed by atoms with Crippen molar-refractivity contribution in [3.05, 3.63) is 53.1 Å². The van der Waals surface area contributed by atoms with Gasteiger partial charge in [-0.2, -0.15) is 0 Å². The lowest BCUT2D eigenvalue weighted by molar-refractivity contribution is 0.0600. The van der Waals surface area contributed by atoms with Crippen molar-refractivity contribution in [1.82, 2.24) is 0 Å². The second-order valence-corrected chi connectivity index (χ2v) is 4.33. The first kappa shape index (κ1) is 14.0. The van der Waals surface area contributed by atoms with Gasteiger partial charge in [0.15, 0.2) is 11.6 Å². The first-order chi connectivity index (χ1) is 9.45. The SMILES string of the molecule is COC(=O)c1cc(-c2cccc(F)c2F)cc(N)c1C. The highest BCUT2D eigenvalue weighted by Gasteiger charge is 2.16. The van der Waals surface area contributed by atoms with Crippen LogP contribution in [0.15, 0.2) is 30.3 Å². The lowest BCUT2D eigenvalue weighted by Gasteiger charge is -2.11. The van der Waals surface area contributed by atoms with E-state index in [1.54, 1.807) is 6.92 Å². The molecule has 0 aliphatic rings. The number of nitrogens with two attached hydrogens (primary N) is 1. The van der Waals surface area contributed by atoms with Crippen LogP contribution >= 0.6 is 0 Å². The second-order valence-electron chi connectivity index (χ2n) is 4.33. The molecule has 2 rings (SSSR count). The zero-order chi connectivity index (χ0) is 14.9. The Morgan fingerprint density at radius 2 is 1.95 bits per heavy atom. The van der Waals surface area contributed by atoms with E-state index in [4.69, 9.17) is 5.73 Å². The Morgan fingerprint density at radius 1 is 1.25 bits per heavy atom. The molecule has 104 valence electrons. The van der Waals surface area contributed by atoms with Gasteiger partial charge in [0, 0.05) is 11.3 Å². The number of nitrogen functional groups attached to an aromatic ring is 1. The van der Waals surface area contributed by atoms with Crippen molar-refractivity contribution in [2.24, 2.45) is 0 Å². The zero-order valence-electron chi connectivity index (χ0n) is 11.0. The molecule has 5 heteroatoms. The maximum atomic E-state index is 13.8. The van der Waals surface area contributed by atoms with Crippen LogP contribution < -0.4 is 5.73 Å². The maximum Gasteiger partial charge on any atom is 0.338 e. The number of halogens is 2. The highest BCUT2D eigenvalue weighted by molar-refractivity contribution is 5.94. The van der Waals surface area contributed by atoms with Crippen LogP contribution in [0.5, 0.6) is 0 Å². The summed E-state index contributed by atoms with van der Waals surface area (Å²) in [4.78, 5) is 11.7. The third-order valence-corrected chi connectivity index (χ3v) is 3.12. The smallest absolute Gasteiger partial charge is 0.338 e. The zero-order valence-corrected chi connectivity index (χ0v) is 11.0. The Hall–Kier alpha value is -2.43. The van der Waals surface area contributed by atoms with Gasteiger partial charge in [0.2, 0.25) is 0 Å². The number of carbonyl (C=O) groups is 1. The normalized spacial score (nSPS) is 10.4. The summed E-state index contributed by atoms with van der Waals surface area (Å²) in [7, 11) is 1.24. The molecule has 3 nitrogen and oxygen atoms in total. The summed E-state index contributed by atoms with van der Waals surface area (Å²) in [6.07, 6.45) is 0. The van der Waals surface area contributed by atoms with E-state index in [0.29, 0.717) is 16.8 Å². The lowest BCUT2D eigenvalue weighted by Crippen LogP contribution is -2.06. The first-order valence-corrected chi connectivity index (χ1v) is 5.88. The largest absolute Gasteiger partial charge is 0.465 e. The molecule has 0 aromatic heterocycles. The van der Waals surface area contributed by atoms with E-state index in [2.05, 4.69) is 4.74 Å². The van der Waals surface area contributed by atoms with Crippen LogP contribution in [0.2, 0.25) is 0 Å². The first-order valence-electron chi connectivity index (χ1n) is 5.88. The summed E-state index contributed by atoms with van der Waals surface area (Å²) in [6, 6.07) is 6.78. The van der Waals surface area contributed by atoms with Crippen LogP contribution in [0.25, 0.3) is 11.1 Å². The van der Waals surface area contributed by atoms with Crippen molar-refractivity contribution in [3.63, 3.8) is 0 Å². The molecule has 2 aromatic rings. The number of hydrogen-bond donors (Lipinski definition) is 1. The van der Waals surface area contributed by atoms with Gasteiger partial charge in [0.25, 0.3) is 0 Å². The minimum absolute atomic E-state index is 0.0434. The molecule has 0 amide bonds. The molecule has 2 aromatic carbocycles. The molecular weight excluding hydrogens is 264 g/mol. The molecule has 0 saturated heterocycles. The summed E-state index contributed by atoms with van der Waals surface area (Å²) >= 11 is 0. The number of esters is 1. The van der Waals surface area contributed by atoms with Crippen molar-refractivity contribution in [2.75, 3.05) is 12.8 Å². The van der Waals surface area contributed by atoms with Crippen LogP contribution in [0, 0.1) is 18.6 Å². The van der Waals surface area contributed by atoms with E-state index in [-0.39, 0.29) is 11.1 Å². The van der Waals surface area contributed by atoms with Crippen LogP contribution in [-0.4, -0.2) is 13.1 Å². The summed E-state index contributed by atoms with van der Waals surface area (Å²) in [6.45, 7) is 1.66. The Morgan fingerprint density at radius 3 is 2.60 bits per heavy atom. The van der Waals surface area contributed by atoms with Gasteiger partial charge in [-0.1, -0.05) is 12.1 Å². The number of ether oxygens (including phenoxy) is 1. The summed E-state index contributed by atoms with van der Waals surface area (Å²) in [5, 5.41) is 0. The number of rotatable bonds is 2. The van der Waals surface area contributed by atoms with Crippen molar-refractivity contribution in [1.29, 1.82) is 0 Å². The van der Waals surface area contributed by atoms with E-state index in [1.165, 1.54) is 31.4 Å². The predicted molar refractivity (Wildman–Crippen MR) is 72.3 cm³/mol. The van der Waals surface area contributed by atoms with Crippen molar-refractivity contribution in [2.45, 2.75) is 6.92 Å². The van der Waals surface area contributed by atoms with E-state index >= 15 is 0 Å². The van der Waals surface area contributed by atoms with Crippen LogP contribution in [0.1, 0.15) is 15.9 Å². The molecule has 0 unspecified atom stereocenters. The maximum absolute atomic E-state index is 13.8. The van der Waals surface area contributed by atoms with Crippen LogP contribution in [0.3, 0.4) is 0 Å². The lowest BCUT2D eigenvalue weighted by atomic mass is 9.97. The van der Waals surface area contributed by atoms with E-state index < -0.39 is 17.6 Å².